The molecule has 0 unspecified atom stereocenters. The Morgan fingerprint density at radius 2 is 1.90 bits per heavy atom. The number of carbonyl (C=O) groups excluding carboxylic acids is 1. The number of piperazine rings is 1. The lowest BCUT2D eigenvalue weighted by atomic mass is 10.1. The molecule has 8 heteroatoms. The summed E-state index contributed by atoms with van der Waals surface area (Å²) in [6.07, 6.45) is 0. The first kappa shape index (κ1) is 19.2. The Balaban J connectivity index is 1.48. The first-order chi connectivity index (χ1) is 14.1. The zero-order chi connectivity index (χ0) is 20.4. The van der Waals surface area contributed by atoms with Crippen LogP contribution in [0.25, 0.3) is 11.3 Å². The summed E-state index contributed by atoms with van der Waals surface area (Å²) >= 11 is 1.06. The number of amides is 1. The number of anilines is 2. The quantitative estimate of drug-likeness (QED) is 0.710. The minimum Gasteiger partial charge on any atom is -0.495 e. The average Bonchev–Trinajstić information content (AvgIpc) is 3.14. The predicted octanol–water partition coefficient (Wildman–Crippen LogP) is 3.50. The van der Waals surface area contributed by atoms with Crippen molar-refractivity contribution in [3.8, 4) is 17.0 Å². The van der Waals surface area contributed by atoms with Gasteiger partial charge in [-0.3, -0.25) is 4.79 Å². The number of halogens is 1. The summed E-state index contributed by atoms with van der Waals surface area (Å²) < 4.78 is 23.3. The van der Waals surface area contributed by atoms with Crippen LogP contribution in [0.4, 0.5) is 15.8 Å². The van der Waals surface area contributed by atoms with Crippen molar-refractivity contribution in [2.45, 2.75) is 0 Å². The van der Waals surface area contributed by atoms with Gasteiger partial charge in [-0.25, -0.2) is 4.39 Å². The molecule has 0 bridgehead atoms. The summed E-state index contributed by atoms with van der Waals surface area (Å²) in [7, 11) is 1.65. The van der Waals surface area contributed by atoms with Crippen LogP contribution in [0.5, 0.6) is 5.75 Å². The summed E-state index contributed by atoms with van der Waals surface area (Å²) in [6, 6.07) is 13.9. The molecule has 0 saturated carbocycles. The minimum absolute atomic E-state index is 0.137. The number of nitrogens with two attached hydrogens (primary N) is 1. The molecule has 2 aromatic carbocycles. The number of benzene rings is 2. The van der Waals surface area contributed by atoms with Crippen LogP contribution >= 0.6 is 11.5 Å². The third-order valence-corrected chi connectivity index (χ3v) is 5.86. The van der Waals surface area contributed by atoms with Gasteiger partial charge in [0.2, 0.25) is 0 Å². The minimum atomic E-state index is -0.366. The fourth-order valence-electron chi connectivity index (χ4n) is 3.48. The number of rotatable bonds is 4. The van der Waals surface area contributed by atoms with Crippen molar-refractivity contribution in [1.82, 2.24) is 9.27 Å². The number of ether oxygens (including phenoxy) is 1. The molecule has 1 aromatic heterocycles. The number of nitrogen functional groups attached to an aromatic ring is 1. The molecule has 1 aliphatic rings. The van der Waals surface area contributed by atoms with E-state index in [-0.39, 0.29) is 11.7 Å². The first-order valence-electron chi connectivity index (χ1n) is 9.27. The first-order valence-corrected chi connectivity index (χ1v) is 10.0. The maximum atomic E-state index is 13.5. The molecule has 1 saturated heterocycles. The van der Waals surface area contributed by atoms with Crippen LogP contribution in [0, 0.1) is 5.82 Å². The largest absolute Gasteiger partial charge is 0.495 e. The number of hydrogen-bond donors (Lipinski definition) is 1. The highest BCUT2D eigenvalue weighted by molar-refractivity contribution is 7.09. The highest BCUT2D eigenvalue weighted by atomic mass is 32.1. The van der Waals surface area contributed by atoms with Crippen LogP contribution in [0.3, 0.4) is 0 Å². The molecule has 2 heterocycles. The van der Waals surface area contributed by atoms with E-state index in [0.717, 1.165) is 23.0 Å². The summed E-state index contributed by atoms with van der Waals surface area (Å²) in [5.74, 6) is 0.316. The summed E-state index contributed by atoms with van der Waals surface area (Å²) in [6.45, 7) is 2.54. The van der Waals surface area contributed by atoms with Crippen molar-refractivity contribution in [1.29, 1.82) is 0 Å². The van der Waals surface area contributed by atoms with Crippen LogP contribution in [0.1, 0.15) is 9.67 Å². The second-order valence-electron chi connectivity index (χ2n) is 6.74. The normalized spacial score (nSPS) is 14.1. The monoisotopic (exact) mass is 412 g/mol. The van der Waals surface area contributed by atoms with Gasteiger partial charge in [0.15, 0.2) is 0 Å². The Morgan fingerprint density at radius 1 is 1.14 bits per heavy atom. The number of carbonyl (C=O) groups is 1. The fraction of sp³-hybridized carbons (Fsp3) is 0.238. The molecule has 1 amide bonds. The Kier molecular flexibility index (Phi) is 5.35. The van der Waals surface area contributed by atoms with Crippen molar-refractivity contribution in [3.05, 3.63) is 59.2 Å². The van der Waals surface area contributed by atoms with E-state index in [1.54, 1.807) is 24.1 Å². The van der Waals surface area contributed by atoms with E-state index in [9.17, 15) is 9.18 Å². The Hall–Kier alpha value is -3.13. The van der Waals surface area contributed by atoms with Crippen LogP contribution in [0.15, 0.2) is 48.5 Å². The van der Waals surface area contributed by atoms with Crippen LogP contribution < -0.4 is 15.4 Å². The number of para-hydroxylation sites is 2. The third kappa shape index (κ3) is 3.75. The summed E-state index contributed by atoms with van der Waals surface area (Å²) in [5, 5.41) is 0. The van der Waals surface area contributed by atoms with Crippen molar-refractivity contribution < 1.29 is 13.9 Å². The van der Waals surface area contributed by atoms with Crippen molar-refractivity contribution >= 4 is 28.8 Å². The molecule has 0 spiro atoms. The number of nitrogens with zero attached hydrogens (tertiary/aromatic N) is 3. The number of aromatic nitrogens is 1. The van der Waals surface area contributed by atoms with Crippen LogP contribution in [-0.4, -0.2) is 48.5 Å². The number of hydrogen-bond acceptors (Lipinski definition) is 6. The lowest BCUT2D eigenvalue weighted by Crippen LogP contribution is -2.48. The molecule has 3 aromatic rings. The van der Waals surface area contributed by atoms with Gasteiger partial charge < -0.3 is 20.3 Å². The van der Waals surface area contributed by atoms with Gasteiger partial charge in [-0.15, -0.1) is 0 Å². The zero-order valence-corrected chi connectivity index (χ0v) is 16.8. The van der Waals surface area contributed by atoms with Crippen molar-refractivity contribution in [2.75, 3.05) is 43.9 Å². The molecule has 2 N–H and O–H groups in total. The highest BCUT2D eigenvalue weighted by Crippen LogP contribution is 2.33. The van der Waals surface area contributed by atoms with Gasteiger partial charge in [0, 0.05) is 31.7 Å². The summed E-state index contributed by atoms with van der Waals surface area (Å²) in [4.78, 5) is 17.4. The van der Waals surface area contributed by atoms with E-state index in [2.05, 4.69) is 9.27 Å². The topological polar surface area (TPSA) is 71.7 Å². The van der Waals surface area contributed by atoms with Gasteiger partial charge in [0.1, 0.15) is 22.1 Å². The third-order valence-electron chi connectivity index (χ3n) is 5.01. The number of methoxy groups -OCH3 is 1. The van der Waals surface area contributed by atoms with Gasteiger partial charge in [0.25, 0.3) is 5.91 Å². The molecule has 150 valence electrons. The SMILES string of the molecule is COc1ccccc1N1CCN(C(=O)c2snc(-c3cccc(F)c3)c2N)CC1. The Bertz CT molecular complexity index is 1030. The van der Waals surface area contributed by atoms with Gasteiger partial charge in [-0.05, 0) is 35.8 Å². The van der Waals surface area contributed by atoms with Gasteiger partial charge in [0.05, 0.1) is 18.5 Å². The van der Waals surface area contributed by atoms with Gasteiger partial charge in [-0.1, -0.05) is 24.3 Å². The standard InChI is InChI=1S/C21H21FN4O2S/c1-28-17-8-3-2-7-16(17)25-9-11-26(12-10-25)21(27)20-18(23)19(24-29-20)14-5-4-6-15(22)13-14/h2-8,13H,9-12,23H2,1H3. The molecule has 0 aliphatic carbocycles. The molecule has 29 heavy (non-hydrogen) atoms. The second-order valence-corrected chi connectivity index (χ2v) is 7.51. The Morgan fingerprint density at radius 3 is 2.62 bits per heavy atom. The lowest BCUT2D eigenvalue weighted by molar-refractivity contribution is 0.0752. The van der Waals surface area contributed by atoms with E-state index in [0.29, 0.717) is 48.0 Å². The van der Waals surface area contributed by atoms with Gasteiger partial charge in [-0.2, -0.15) is 4.37 Å². The fourth-order valence-corrected chi connectivity index (χ4v) is 4.27. The molecule has 1 fully saturated rings. The molecular formula is C21H21FN4O2S. The molecule has 4 rings (SSSR count). The van der Waals surface area contributed by atoms with Gasteiger partial charge >= 0.3 is 0 Å². The van der Waals surface area contributed by atoms with E-state index in [1.165, 1.54) is 12.1 Å². The highest BCUT2D eigenvalue weighted by Gasteiger charge is 2.27. The zero-order valence-electron chi connectivity index (χ0n) is 16.0. The Labute approximate surface area is 172 Å². The van der Waals surface area contributed by atoms with E-state index in [1.807, 2.05) is 24.3 Å². The average molecular weight is 412 g/mol. The second kappa shape index (κ2) is 8.08. The van der Waals surface area contributed by atoms with E-state index in [4.69, 9.17) is 10.5 Å². The maximum absolute atomic E-state index is 13.5. The molecular weight excluding hydrogens is 391 g/mol. The van der Waals surface area contributed by atoms with Crippen LogP contribution in [-0.2, 0) is 0 Å². The van der Waals surface area contributed by atoms with E-state index < -0.39 is 0 Å². The van der Waals surface area contributed by atoms with E-state index >= 15 is 0 Å². The molecule has 1 aliphatic heterocycles. The maximum Gasteiger partial charge on any atom is 0.267 e. The smallest absolute Gasteiger partial charge is 0.267 e. The molecule has 6 nitrogen and oxygen atoms in total. The summed E-state index contributed by atoms with van der Waals surface area (Å²) in [5.41, 5.74) is 8.54. The van der Waals surface area contributed by atoms with Crippen LogP contribution in [0.2, 0.25) is 0 Å². The molecule has 0 radical (unpaired) electrons. The molecule has 0 atom stereocenters. The lowest BCUT2D eigenvalue weighted by Gasteiger charge is -2.36. The van der Waals surface area contributed by atoms with Crippen molar-refractivity contribution in [3.63, 3.8) is 0 Å². The van der Waals surface area contributed by atoms with Crippen molar-refractivity contribution in [2.24, 2.45) is 0 Å². The predicted molar refractivity (Wildman–Crippen MR) is 113 cm³/mol.